The molecule has 4 rings (SSSR count). The van der Waals surface area contributed by atoms with Crippen LogP contribution < -0.4 is 23.7 Å². The molecule has 162 valence electrons. The molecule has 9 nitrogen and oxygen atoms in total. The number of benzene rings is 2. The molecule has 1 aliphatic heterocycles. The Morgan fingerprint density at radius 3 is 2.58 bits per heavy atom. The van der Waals surface area contributed by atoms with E-state index in [1.54, 1.807) is 12.1 Å². The van der Waals surface area contributed by atoms with E-state index in [4.69, 9.17) is 42.1 Å². The Balaban J connectivity index is 1.67. The predicted octanol–water partition coefficient (Wildman–Crippen LogP) is 4.16. The quantitative estimate of drug-likeness (QED) is 0.520. The van der Waals surface area contributed by atoms with E-state index in [0.29, 0.717) is 30.5 Å². The van der Waals surface area contributed by atoms with Crippen LogP contribution in [0.2, 0.25) is 10.2 Å². The number of rotatable bonds is 6. The summed E-state index contributed by atoms with van der Waals surface area (Å²) in [4.78, 5) is 7.76. The Bertz CT molecular complexity index is 1240. The van der Waals surface area contributed by atoms with Crippen molar-refractivity contribution in [2.75, 3.05) is 25.0 Å². The standard InChI is InChI=1S/C19H15Cl2N3O6S/c1-27-11-2-4-13(20)15(8-11)30-17-18(21)22-10-23-19(17)24-31(25,26)12-3-5-14-16(9-12)29-7-6-28-14/h2-5,8-10H,6-7H2,1H3,(H,22,23,24). The molecule has 0 fully saturated rings. The number of nitrogens with one attached hydrogen (secondary N) is 1. The minimum Gasteiger partial charge on any atom is -0.497 e. The molecule has 0 atom stereocenters. The normalized spacial score (nSPS) is 12.9. The van der Waals surface area contributed by atoms with E-state index >= 15 is 0 Å². The monoisotopic (exact) mass is 483 g/mol. The van der Waals surface area contributed by atoms with Crippen molar-refractivity contribution in [1.29, 1.82) is 0 Å². The number of hydrogen-bond donors (Lipinski definition) is 1. The number of hydrogen-bond acceptors (Lipinski definition) is 8. The van der Waals surface area contributed by atoms with Gasteiger partial charge < -0.3 is 18.9 Å². The van der Waals surface area contributed by atoms with Crippen LogP contribution in [-0.4, -0.2) is 38.7 Å². The molecular formula is C19H15Cl2N3O6S. The third kappa shape index (κ3) is 4.55. The average molecular weight is 484 g/mol. The lowest BCUT2D eigenvalue weighted by molar-refractivity contribution is 0.171. The number of anilines is 1. The van der Waals surface area contributed by atoms with Gasteiger partial charge in [0.05, 0.1) is 17.0 Å². The fourth-order valence-corrected chi connectivity index (χ4v) is 4.05. The van der Waals surface area contributed by atoms with Crippen molar-refractivity contribution >= 4 is 39.0 Å². The summed E-state index contributed by atoms with van der Waals surface area (Å²) in [5, 5.41) is 0.134. The van der Waals surface area contributed by atoms with Crippen molar-refractivity contribution in [3.8, 4) is 28.7 Å². The minimum absolute atomic E-state index is 0.0585. The van der Waals surface area contributed by atoms with Gasteiger partial charge in [0.25, 0.3) is 10.0 Å². The van der Waals surface area contributed by atoms with Crippen molar-refractivity contribution in [2.45, 2.75) is 4.90 Å². The number of aromatic nitrogens is 2. The fraction of sp³-hybridized carbons (Fsp3) is 0.158. The van der Waals surface area contributed by atoms with Crippen LogP contribution in [0.3, 0.4) is 0 Å². The number of fused-ring (bicyclic) bond motifs is 1. The van der Waals surface area contributed by atoms with Crippen LogP contribution in [0.4, 0.5) is 5.82 Å². The highest BCUT2D eigenvalue weighted by Crippen LogP contribution is 2.39. The number of methoxy groups -OCH3 is 1. The van der Waals surface area contributed by atoms with Crippen LogP contribution in [0.15, 0.2) is 47.6 Å². The highest BCUT2D eigenvalue weighted by atomic mass is 35.5. The van der Waals surface area contributed by atoms with Crippen LogP contribution >= 0.6 is 23.2 Å². The summed E-state index contributed by atoms with van der Waals surface area (Å²) in [5.74, 6) is 1.15. The molecule has 0 bridgehead atoms. The Morgan fingerprint density at radius 1 is 1.03 bits per heavy atom. The molecule has 0 spiro atoms. The van der Waals surface area contributed by atoms with Gasteiger partial charge in [0.1, 0.15) is 31.0 Å². The first-order valence-electron chi connectivity index (χ1n) is 8.82. The first kappa shape index (κ1) is 21.3. The van der Waals surface area contributed by atoms with Crippen LogP contribution in [0, 0.1) is 0 Å². The van der Waals surface area contributed by atoms with Gasteiger partial charge in [-0.05, 0) is 24.3 Å². The maximum Gasteiger partial charge on any atom is 0.263 e. The summed E-state index contributed by atoms with van der Waals surface area (Å²) in [6.07, 6.45) is 1.10. The number of halogens is 2. The molecule has 2 heterocycles. The van der Waals surface area contributed by atoms with Gasteiger partial charge in [-0.2, -0.15) is 0 Å². The van der Waals surface area contributed by atoms with Gasteiger partial charge in [0.2, 0.25) is 5.75 Å². The van der Waals surface area contributed by atoms with E-state index in [-0.39, 0.29) is 32.4 Å². The molecule has 1 aromatic heterocycles. The summed E-state index contributed by atoms with van der Waals surface area (Å²) in [6.45, 7) is 0.717. The van der Waals surface area contributed by atoms with Crippen LogP contribution in [-0.2, 0) is 10.0 Å². The summed E-state index contributed by atoms with van der Waals surface area (Å²) in [5.41, 5.74) is 0. The summed E-state index contributed by atoms with van der Waals surface area (Å²) in [7, 11) is -2.59. The SMILES string of the molecule is COc1ccc(Cl)c(Oc2c(Cl)ncnc2NS(=O)(=O)c2ccc3c(c2)OCCO3)c1. The highest BCUT2D eigenvalue weighted by molar-refractivity contribution is 7.92. The number of sulfonamides is 1. The van der Waals surface area contributed by atoms with E-state index in [9.17, 15) is 8.42 Å². The van der Waals surface area contributed by atoms with E-state index < -0.39 is 10.0 Å². The van der Waals surface area contributed by atoms with Gasteiger partial charge in [0.15, 0.2) is 22.5 Å². The Morgan fingerprint density at radius 2 is 1.81 bits per heavy atom. The van der Waals surface area contributed by atoms with Crippen LogP contribution in [0.25, 0.3) is 0 Å². The zero-order valence-corrected chi connectivity index (χ0v) is 18.3. The number of ether oxygens (including phenoxy) is 4. The topological polar surface area (TPSA) is 109 Å². The van der Waals surface area contributed by atoms with E-state index in [1.165, 1.54) is 31.4 Å². The molecule has 31 heavy (non-hydrogen) atoms. The van der Waals surface area contributed by atoms with Crippen molar-refractivity contribution in [3.05, 3.63) is 52.9 Å². The largest absolute Gasteiger partial charge is 0.497 e. The molecule has 0 radical (unpaired) electrons. The van der Waals surface area contributed by atoms with Crippen molar-refractivity contribution in [1.82, 2.24) is 9.97 Å². The summed E-state index contributed by atoms with van der Waals surface area (Å²) < 4.78 is 50.0. The van der Waals surface area contributed by atoms with Gasteiger partial charge in [0, 0.05) is 12.1 Å². The van der Waals surface area contributed by atoms with Crippen molar-refractivity contribution in [2.24, 2.45) is 0 Å². The summed E-state index contributed by atoms with van der Waals surface area (Å²) >= 11 is 12.3. The molecule has 1 N–H and O–H groups in total. The Kier molecular flexibility index (Phi) is 5.94. The fourth-order valence-electron chi connectivity index (χ4n) is 2.69. The third-order valence-electron chi connectivity index (χ3n) is 4.17. The van der Waals surface area contributed by atoms with Gasteiger partial charge in [-0.1, -0.05) is 23.2 Å². The lowest BCUT2D eigenvalue weighted by Crippen LogP contribution is -2.18. The molecular weight excluding hydrogens is 469 g/mol. The lowest BCUT2D eigenvalue weighted by Gasteiger charge is -2.19. The van der Waals surface area contributed by atoms with Crippen LogP contribution in [0.1, 0.15) is 0 Å². The zero-order chi connectivity index (χ0) is 22.0. The van der Waals surface area contributed by atoms with Gasteiger partial charge in [-0.3, -0.25) is 4.72 Å². The van der Waals surface area contributed by atoms with Crippen LogP contribution in [0.5, 0.6) is 28.7 Å². The molecule has 0 saturated carbocycles. The van der Waals surface area contributed by atoms with E-state index in [0.717, 1.165) is 6.33 Å². The lowest BCUT2D eigenvalue weighted by atomic mass is 10.3. The average Bonchev–Trinajstić information content (AvgIpc) is 2.77. The Hall–Kier alpha value is -2.95. The first-order chi connectivity index (χ1) is 14.9. The summed E-state index contributed by atoms with van der Waals surface area (Å²) in [6, 6.07) is 8.99. The van der Waals surface area contributed by atoms with Crippen molar-refractivity contribution < 1.29 is 27.4 Å². The molecule has 0 aliphatic carbocycles. The van der Waals surface area contributed by atoms with Crippen molar-refractivity contribution in [3.63, 3.8) is 0 Å². The maximum absolute atomic E-state index is 13.0. The highest BCUT2D eigenvalue weighted by Gasteiger charge is 2.23. The molecule has 0 unspecified atom stereocenters. The van der Waals surface area contributed by atoms with E-state index in [2.05, 4.69) is 14.7 Å². The maximum atomic E-state index is 13.0. The predicted molar refractivity (Wildman–Crippen MR) is 113 cm³/mol. The van der Waals surface area contributed by atoms with Gasteiger partial charge >= 0.3 is 0 Å². The second-order valence-electron chi connectivity index (χ2n) is 6.15. The first-order valence-corrected chi connectivity index (χ1v) is 11.1. The Labute approximate surface area is 187 Å². The van der Waals surface area contributed by atoms with Gasteiger partial charge in [-0.25, -0.2) is 18.4 Å². The smallest absolute Gasteiger partial charge is 0.263 e. The van der Waals surface area contributed by atoms with Gasteiger partial charge in [-0.15, -0.1) is 0 Å². The molecule has 0 amide bonds. The number of nitrogens with zero attached hydrogens (tertiary/aromatic N) is 2. The van der Waals surface area contributed by atoms with E-state index in [1.807, 2.05) is 0 Å². The molecule has 12 heteroatoms. The molecule has 3 aromatic rings. The third-order valence-corrected chi connectivity index (χ3v) is 6.08. The molecule has 2 aromatic carbocycles. The molecule has 0 saturated heterocycles. The zero-order valence-electron chi connectivity index (χ0n) is 16.0. The minimum atomic E-state index is -4.07. The second kappa shape index (κ2) is 8.66. The molecule has 1 aliphatic rings. The second-order valence-corrected chi connectivity index (χ2v) is 8.60.